The van der Waals surface area contributed by atoms with E-state index < -0.39 is 6.36 Å². The molecule has 0 aliphatic heterocycles. The topological polar surface area (TPSA) is 44.8 Å². The Kier molecular flexibility index (Phi) is 6.23. The number of hydrogen-bond donors (Lipinski definition) is 0. The SMILES string of the molecule is O=C1CCC(COCc2cc(OC(F)(F)F)ccc2OC2CC2)(c2ccccc2)CC1. The number of Topliss-reactive ketones (excluding diaryl/α,β-unsaturated/α-hetero) is 1. The molecular weight excluding hydrogens is 409 g/mol. The Balaban J connectivity index is 1.49. The number of hydrogen-bond acceptors (Lipinski definition) is 4. The van der Waals surface area contributed by atoms with Crippen molar-refractivity contribution in [3.8, 4) is 11.5 Å². The van der Waals surface area contributed by atoms with Gasteiger partial charge in [0.1, 0.15) is 17.3 Å². The van der Waals surface area contributed by atoms with Crippen LogP contribution in [0, 0.1) is 0 Å². The molecule has 0 unspecified atom stereocenters. The molecule has 0 N–H and O–H groups in total. The monoisotopic (exact) mass is 434 g/mol. The average molecular weight is 434 g/mol. The van der Waals surface area contributed by atoms with Gasteiger partial charge in [0.25, 0.3) is 0 Å². The Bertz CT molecular complexity index is 897. The molecule has 2 fully saturated rings. The van der Waals surface area contributed by atoms with Gasteiger partial charge in [-0.2, -0.15) is 0 Å². The van der Waals surface area contributed by atoms with Crippen molar-refractivity contribution in [2.75, 3.05) is 6.61 Å². The van der Waals surface area contributed by atoms with E-state index in [9.17, 15) is 18.0 Å². The second kappa shape index (κ2) is 8.91. The van der Waals surface area contributed by atoms with Crippen LogP contribution >= 0.6 is 0 Å². The van der Waals surface area contributed by atoms with Crippen LogP contribution in [0.2, 0.25) is 0 Å². The van der Waals surface area contributed by atoms with Crippen molar-refractivity contribution in [1.82, 2.24) is 0 Å². The molecule has 0 heterocycles. The molecule has 2 saturated carbocycles. The molecule has 2 aromatic carbocycles. The van der Waals surface area contributed by atoms with Crippen LogP contribution in [0.3, 0.4) is 0 Å². The lowest BCUT2D eigenvalue weighted by Gasteiger charge is -2.37. The third-order valence-corrected chi connectivity index (χ3v) is 5.87. The van der Waals surface area contributed by atoms with Gasteiger partial charge in [0.05, 0.1) is 19.3 Å². The number of ketones is 1. The summed E-state index contributed by atoms with van der Waals surface area (Å²) in [5, 5.41) is 0. The number of carbonyl (C=O) groups is 1. The number of rotatable bonds is 8. The maximum absolute atomic E-state index is 12.6. The highest BCUT2D eigenvalue weighted by molar-refractivity contribution is 5.79. The van der Waals surface area contributed by atoms with E-state index in [0.717, 1.165) is 18.4 Å². The molecule has 0 spiro atoms. The van der Waals surface area contributed by atoms with Gasteiger partial charge >= 0.3 is 6.36 Å². The van der Waals surface area contributed by atoms with Crippen LogP contribution in [0.15, 0.2) is 48.5 Å². The van der Waals surface area contributed by atoms with Crippen molar-refractivity contribution < 1.29 is 32.2 Å². The van der Waals surface area contributed by atoms with Gasteiger partial charge < -0.3 is 14.2 Å². The van der Waals surface area contributed by atoms with Crippen molar-refractivity contribution in [3.05, 3.63) is 59.7 Å². The van der Waals surface area contributed by atoms with Crippen LogP contribution in [-0.4, -0.2) is 24.9 Å². The molecule has 2 aliphatic rings. The fourth-order valence-corrected chi connectivity index (χ4v) is 4.02. The van der Waals surface area contributed by atoms with Gasteiger partial charge in [0, 0.05) is 23.8 Å². The number of halogens is 3. The molecule has 2 aliphatic carbocycles. The van der Waals surface area contributed by atoms with Crippen molar-refractivity contribution in [3.63, 3.8) is 0 Å². The van der Waals surface area contributed by atoms with Gasteiger partial charge in [-0.3, -0.25) is 4.79 Å². The third kappa shape index (κ3) is 5.79. The van der Waals surface area contributed by atoms with Crippen LogP contribution in [0.5, 0.6) is 11.5 Å². The third-order valence-electron chi connectivity index (χ3n) is 5.87. The quantitative estimate of drug-likeness (QED) is 0.533. The molecule has 0 aromatic heterocycles. The van der Waals surface area contributed by atoms with Gasteiger partial charge in [-0.05, 0) is 49.4 Å². The standard InChI is InChI=1S/C24H25F3O4/c25-24(26,27)31-21-8-9-22(30-20-6-7-20)17(14-21)15-29-16-23(12-10-19(28)11-13-23)18-4-2-1-3-5-18/h1-5,8-9,14,20H,6-7,10-13,15-16H2. The smallest absolute Gasteiger partial charge is 0.490 e. The Labute approximate surface area is 179 Å². The molecule has 0 saturated heterocycles. The first kappa shape index (κ1) is 21.7. The molecular formula is C24H25F3O4. The fourth-order valence-electron chi connectivity index (χ4n) is 4.02. The van der Waals surface area contributed by atoms with Crippen molar-refractivity contribution in [2.45, 2.75) is 63.0 Å². The van der Waals surface area contributed by atoms with E-state index in [4.69, 9.17) is 9.47 Å². The molecule has 31 heavy (non-hydrogen) atoms. The zero-order chi connectivity index (χ0) is 21.9. The van der Waals surface area contributed by atoms with E-state index in [2.05, 4.69) is 4.74 Å². The van der Waals surface area contributed by atoms with Crippen LogP contribution in [0.4, 0.5) is 13.2 Å². The lowest BCUT2D eigenvalue weighted by Crippen LogP contribution is -2.36. The highest BCUT2D eigenvalue weighted by Crippen LogP contribution is 2.39. The summed E-state index contributed by atoms with van der Waals surface area (Å²) in [6.45, 7) is 0.469. The van der Waals surface area contributed by atoms with Gasteiger partial charge in [0.2, 0.25) is 0 Å². The second-order valence-electron chi connectivity index (χ2n) is 8.31. The van der Waals surface area contributed by atoms with E-state index >= 15 is 0 Å². The van der Waals surface area contributed by atoms with Crippen molar-refractivity contribution >= 4 is 5.78 Å². The molecule has 2 aromatic rings. The first-order chi connectivity index (χ1) is 14.8. The van der Waals surface area contributed by atoms with Gasteiger partial charge in [-0.1, -0.05) is 30.3 Å². The lowest BCUT2D eigenvalue weighted by atomic mass is 9.69. The normalized spacial score (nSPS) is 18.6. The molecule has 0 bridgehead atoms. The minimum atomic E-state index is -4.76. The zero-order valence-electron chi connectivity index (χ0n) is 17.1. The summed E-state index contributed by atoms with van der Waals surface area (Å²) in [6, 6.07) is 14.0. The molecule has 0 atom stereocenters. The van der Waals surface area contributed by atoms with Gasteiger partial charge in [-0.25, -0.2) is 0 Å². The van der Waals surface area contributed by atoms with Crippen LogP contribution in [0.1, 0.15) is 49.7 Å². The van der Waals surface area contributed by atoms with E-state index in [0.29, 0.717) is 43.6 Å². The maximum atomic E-state index is 12.6. The lowest BCUT2D eigenvalue weighted by molar-refractivity contribution is -0.274. The van der Waals surface area contributed by atoms with Crippen LogP contribution in [0.25, 0.3) is 0 Å². The first-order valence-corrected chi connectivity index (χ1v) is 10.5. The van der Waals surface area contributed by atoms with E-state index in [-0.39, 0.29) is 29.7 Å². The summed E-state index contributed by atoms with van der Waals surface area (Å²) in [7, 11) is 0. The molecule has 0 amide bonds. The molecule has 4 rings (SSSR count). The van der Waals surface area contributed by atoms with Crippen LogP contribution < -0.4 is 9.47 Å². The largest absolute Gasteiger partial charge is 0.573 e. The summed E-state index contributed by atoms with van der Waals surface area (Å²) in [6.07, 6.45) is -0.390. The summed E-state index contributed by atoms with van der Waals surface area (Å²) >= 11 is 0. The zero-order valence-corrected chi connectivity index (χ0v) is 17.1. The Morgan fingerprint density at radius 1 is 1.00 bits per heavy atom. The number of ether oxygens (including phenoxy) is 3. The summed E-state index contributed by atoms with van der Waals surface area (Å²) in [5.74, 6) is 0.476. The number of carbonyl (C=O) groups excluding carboxylic acids is 1. The fraction of sp³-hybridized carbons (Fsp3) is 0.458. The first-order valence-electron chi connectivity index (χ1n) is 10.5. The second-order valence-corrected chi connectivity index (χ2v) is 8.31. The molecule has 7 heteroatoms. The average Bonchev–Trinajstić information content (AvgIpc) is 3.55. The van der Waals surface area contributed by atoms with E-state index in [1.165, 1.54) is 18.2 Å². The molecule has 4 nitrogen and oxygen atoms in total. The highest BCUT2D eigenvalue weighted by atomic mass is 19.4. The molecule has 0 radical (unpaired) electrons. The minimum absolute atomic E-state index is 0.0969. The van der Waals surface area contributed by atoms with Gasteiger partial charge in [0.15, 0.2) is 0 Å². The van der Waals surface area contributed by atoms with Crippen molar-refractivity contribution in [1.29, 1.82) is 0 Å². The van der Waals surface area contributed by atoms with Gasteiger partial charge in [-0.15, -0.1) is 13.2 Å². The van der Waals surface area contributed by atoms with E-state index in [1.54, 1.807) is 0 Å². The number of alkyl halides is 3. The van der Waals surface area contributed by atoms with Crippen molar-refractivity contribution in [2.24, 2.45) is 0 Å². The Morgan fingerprint density at radius 3 is 2.35 bits per heavy atom. The highest BCUT2D eigenvalue weighted by Gasteiger charge is 2.37. The predicted molar refractivity (Wildman–Crippen MR) is 108 cm³/mol. The number of benzene rings is 2. The summed E-state index contributed by atoms with van der Waals surface area (Å²) < 4.78 is 53.9. The Morgan fingerprint density at radius 2 is 1.71 bits per heavy atom. The summed E-state index contributed by atoms with van der Waals surface area (Å²) in [4.78, 5) is 11.8. The van der Waals surface area contributed by atoms with Crippen LogP contribution in [-0.2, 0) is 21.6 Å². The maximum Gasteiger partial charge on any atom is 0.573 e. The Hall–Kier alpha value is -2.54. The minimum Gasteiger partial charge on any atom is -0.490 e. The predicted octanol–water partition coefficient (Wildman–Crippen LogP) is 5.72. The molecule has 166 valence electrons. The summed E-state index contributed by atoms with van der Waals surface area (Å²) in [5.41, 5.74) is 1.35. The van der Waals surface area contributed by atoms with E-state index in [1.807, 2.05) is 30.3 Å².